The minimum absolute atomic E-state index is 0. The van der Waals surface area contributed by atoms with Crippen LogP contribution in [-0.4, -0.2) is 17.8 Å². The molecule has 0 saturated carbocycles. The van der Waals surface area contributed by atoms with Gasteiger partial charge < -0.3 is 15.0 Å². The molecule has 1 rings (SSSR count). The molecule has 0 unspecified atom stereocenters. The van der Waals surface area contributed by atoms with Crippen LogP contribution in [0.5, 0.6) is 0 Å². The van der Waals surface area contributed by atoms with E-state index in [1.807, 2.05) is 36.4 Å². The number of carbonyl (C=O) groups excluding carboxylic acids is 2. The van der Waals surface area contributed by atoms with Gasteiger partial charge in [0.15, 0.2) is 0 Å². The molecule has 0 amide bonds. The van der Waals surface area contributed by atoms with Crippen LogP contribution in [-0.2, 0) is 9.59 Å². The fourth-order valence-corrected chi connectivity index (χ4v) is 0.552. The number of hydrogen-bond donors (Lipinski definition) is 0. The van der Waals surface area contributed by atoms with Crippen molar-refractivity contribution in [3.63, 3.8) is 0 Å². The summed E-state index contributed by atoms with van der Waals surface area (Å²) in [6, 6.07) is 12.5. The first kappa shape index (κ1) is 17.0. The molecule has 0 bridgehead atoms. The van der Waals surface area contributed by atoms with Crippen LogP contribution in [0.25, 0.3) is 5.41 Å². The van der Waals surface area contributed by atoms with Crippen LogP contribution < -0.4 is 18.9 Å². The number of hydrogen-bond acceptors (Lipinski definition) is 2. The van der Waals surface area contributed by atoms with Gasteiger partial charge in [-0.1, -0.05) is 0 Å². The number of aldehydes is 1. The Morgan fingerprint density at radius 1 is 1.31 bits per heavy atom. The summed E-state index contributed by atoms with van der Waals surface area (Å²) < 4.78 is 0. The van der Waals surface area contributed by atoms with Crippen LogP contribution >= 0.6 is 0 Å². The average Bonchev–Trinajstić information content (AvgIpc) is 2.29. The van der Waals surface area contributed by atoms with E-state index in [-0.39, 0.29) is 30.9 Å². The summed E-state index contributed by atoms with van der Waals surface area (Å²) in [5.74, 6) is -0.775. The van der Waals surface area contributed by atoms with Gasteiger partial charge in [0.05, 0.1) is 6.29 Å². The largest absolute Gasteiger partial charge is 1.00 e. The van der Waals surface area contributed by atoms with Crippen molar-refractivity contribution in [2.45, 2.75) is 6.92 Å². The summed E-state index contributed by atoms with van der Waals surface area (Å²) in [6.45, 7) is 1.38. The zero-order valence-electron chi connectivity index (χ0n) is 9.31. The summed E-state index contributed by atoms with van der Waals surface area (Å²) in [4.78, 5) is 19.7. The van der Waals surface area contributed by atoms with Gasteiger partial charge >= 0.3 is 18.9 Å². The summed E-state index contributed by atoms with van der Waals surface area (Å²) in [5.41, 5.74) is -0.0507. The zero-order valence-corrected chi connectivity index (χ0v) is 9.31. The van der Waals surface area contributed by atoms with Crippen LogP contribution in [0.3, 0.4) is 0 Å². The molecule has 1 aromatic rings. The van der Waals surface area contributed by atoms with Crippen molar-refractivity contribution < 1.29 is 28.4 Å². The Balaban J connectivity index is 0. The van der Waals surface area contributed by atoms with Crippen molar-refractivity contribution >= 4 is 17.8 Å². The zero-order chi connectivity index (χ0) is 11.5. The van der Waals surface area contributed by atoms with E-state index in [0.717, 1.165) is 6.08 Å². The van der Waals surface area contributed by atoms with E-state index in [1.54, 1.807) is 0 Å². The number of benzene rings is 1. The van der Waals surface area contributed by atoms with E-state index in [0.29, 0.717) is 0 Å². The molecular formula is C12H10LiNO2-2. The summed E-state index contributed by atoms with van der Waals surface area (Å²) in [5, 5.41) is 8.43. The first-order valence-electron chi connectivity index (χ1n) is 4.19. The maximum atomic E-state index is 10.1. The van der Waals surface area contributed by atoms with Gasteiger partial charge in [-0.25, -0.2) is 0 Å². The molecule has 0 aliphatic carbocycles. The molecule has 0 fully saturated rings. The fourth-order valence-electron chi connectivity index (χ4n) is 0.552. The maximum Gasteiger partial charge on any atom is 1.00 e. The fraction of sp³-hybridized carbons (Fsp3) is 0.0833. The monoisotopic (exact) mass is 207 g/mol. The van der Waals surface area contributed by atoms with E-state index in [1.165, 1.54) is 6.92 Å². The topological polar surface area (TPSA) is 56.4 Å². The first-order valence-corrected chi connectivity index (χ1v) is 4.19. The normalized spacial score (nSPS) is 8.31. The van der Waals surface area contributed by atoms with Crippen molar-refractivity contribution in [1.29, 1.82) is 0 Å². The third kappa shape index (κ3) is 12.6. The third-order valence-electron chi connectivity index (χ3n) is 1.14. The third-order valence-corrected chi connectivity index (χ3v) is 1.14. The number of nitrogens with zero attached hydrogens (tertiary/aromatic N) is 1. The molecule has 1 aromatic carbocycles. The van der Waals surface area contributed by atoms with E-state index in [2.05, 4.69) is 6.07 Å². The van der Waals surface area contributed by atoms with Gasteiger partial charge in [0, 0.05) is 0 Å². The van der Waals surface area contributed by atoms with Gasteiger partial charge in [-0.2, -0.15) is 42.5 Å². The Kier molecular flexibility index (Phi) is 12.4. The van der Waals surface area contributed by atoms with Gasteiger partial charge in [-0.05, 0) is 0 Å². The number of Topliss-reactive ketones (excluding diaryl/α,β-unsaturated/α-hetero) is 1. The summed E-state index contributed by atoms with van der Waals surface area (Å²) in [7, 11) is 0. The van der Waals surface area contributed by atoms with Gasteiger partial charge in [-0.15, -0.1) is 13.0 Å². The second kappa shape index (κ2) is 11.6. The molecule has 0 aliphatic rings. The van der Waals surface area contributed by atoms with Crippen LogP contribution in [0, 0.1) is 12.1 Å². The molecule has 0 N–H and O–H groups in total. The number of carbonyl (C=O) groups is 2. The predicted octanol–water partition coefficient (Wildman–Crippen LogP) is -1.37. The van der Waals surface area contributed by atoms with Crippen molar-refractivity contribution in [2.75, 3.05) is 0 Å². The van der Waals surface area contributed by atoms with Crippen LogP contribution in [0.1, 0.15) is 6.92 Å². The van der Waals surface area contributed by atoms with E-state index < -0.39 is 5.78 Å². The van der Waals surface area contributed by atoms with Crippen molar-refractivity contribution in [3.05, 3.63) is 54.0 Å². The van der Waals surface area contributed by atoms with Crippen LogP contribution in [0.4, 0.5) is 0 Å². The summed E-state index contributed by atoms with van der Waals surface area (Å²) in [6.07, 6.45) is 3.18. The molecule has 78 valence electrons. The van der Waals surface area contributed by atoms with E-state index in [9.17, 15) is 9.59 Å². The molecular weight excluding hydrogens is 197 g/mol. The maximum absolute atomic E-state index is 10.1. The molecule has 0 atom stereocenters. The average molecular weight is 207 g/mol. The number of ketones is 1. The molecule has 3 nitrogen and oxygen atoms in total. The smallest absolute Gasteiger partial charge is 0.876 e. The van der Waals surface area contributed by atoms with Crippen LogP contribution in [0.2, 0.25) is 0 Å². The van der Waals surface area contributed by atoms with Crippen molar-refractivity contribution in [1.82, 2.24) is 0 Å². The Bertz CT molecular complexity index is 321. The minimum Gasteiger partial charge on any atom is -0.876 e. The Hall–Kier alpha value is -1.43. The Morgan fingerprint density at radius 2 is 1.88 bits per heavy atom. The molecule has 0 radical (unpaired) electrons. The van der Waals surface area contributed by atoms with Gasteiger partial charge in [0.1, 0.15) is 5.78 Å². The molecule has 0 aliphatic heterocycles. The van der Waals surface area contributed by atoms with E-state index >= 15 is 0 Å². The second-order valence-electron chi connectivity index (χ2n) is 2.49. The SMILES string of the molecule is CC(=[N-])C=[C-]C(=O)C=O.[Li+].[c-]1ccccc1. The van der Waals surface area contributed by atoms with Crippen molar-refractivity contribution in [2.24, 2.45) is 0 Å². The summed E-state index contributed by atoms with van der Waals surface area (Å²) >= 11 is 0. The molecule has 0 saturated heterocycles. The second-order valence-corrected chi connectivity index (χ2v) is 2.49. The number of allylic oxidation sites excluding steroid dienone is 2. The minimum atomic E-state index is -0.775. The number of rotatable bonds is 3. The predicted molar refractivity (Wildman–Crippen MR) is 58.2 cm³/mol. The Labute approximate surface area is 107 Å². The molecule has 0 spiro atoms. The standard InChI is InChI=1S/C6H5NO2.C6H5.Li/c1-5(7)2-3-6(9)4-8;1-2-4-6-5-3-1;/h2,4H,1H3;1-5H;/q-2;-1;+1. The van der Waals surface area contributed by atoms with Crippen molar-refractivity contribution in [3.8, 4) is 0 Å². The molecule has 0 aromatic heterocycles. The molecule has 4 heteroatoms. The van der Waals surface area contributed by atoms with Gasteiger partial charge in [0.25, 0.3) is 0 Å². The van der Waals surface area contributed by atoms with Gasteiger partial charge in [0.2, 0.25) is 0 Å². The van der Waals surface area contributed by atoms with Crippen LogP contribution in [0.15, 0.2) is 36.4 Å². The van der Waals surface area contributed by atoms with E-state index in [4.69, 9.17) is 5.41 Å². The van der Waals surface area contributed by atoms with Gasteiger partial charge in [-0.3, -0.25) is 5.71 Å². The first-order chi connectivity index (χ1) is 7.16. The molecule has 0 heterocycles. The molecule has 16 heavy (non-hydrogen) atoms. The Morgan fingerprint density at radius 3 is 2.12 bits per heavy atom. The quantitative estimate of drug-likeness (QED) is 0.153.